The van der Waals surface area contributed by atoms with Gasteiger partial charge in [-0.3, -0.25) is 4.98 Å². The van der Waals surface area contributed by atoms with Gasteiger partial charge in [0.1, 0.15) is 5.82 Å². The van der Waals surface area contributed by atoms with Crippen molar-refractivity contribution in [3.8, 4) is 0 Å². The Balaban J connectivity index is 2.19. The highest BCUT2D eigenvalue weighted by atomic mass is 79.9. The monoisotopic (exact) mass is 386 g/mol. The smallest absolute Gasteiger partial charge is 0.137 e. The van der Waals surface area contributed by atoms with E-state index in [2.05, 4.69) is 42.2 Å². The Hall–Kier alpha value is -0.780. The predicted octanol–water partition coefficient (Wildman–Crippen LogP) is 4.25. The molecule has 1 unspecified atom stereocenters. The van der Waals surface area contributed by atoms with Gasteiger partial charge in [0.2, 0.25) is 0 Å². The number of nitrogens with one attached hydrogen (secondary N) is 1. The van der Waals surface area contributed by atoms with E-state index in [9.17, 15) is 4.39 Å². The molecule has 19 heavy (non-hydrogen) atoms. The van der Waals surface area contributed by atoms with Crippen LogP contribution >= 0.6 is 31.9 Å². The number of likely N-dealkylation sites (N-methyl/N-ethyl adjacent to an activating group) is 1. The lowest BCUT2D eigenvalue weighted by atomic mass is 10.0. The lowest BCUT2D eigenvalue weighted by Gasteiger charge is -2.16. The maximum absolute atomic E-state index is 13.6. The van der Waals surface area contributed by atoms with E-state index in [0.717, 1.165) is 15.7 Å². The van der Waals surface area contributed by atoms with Crippen molar-refractivity contribution in [2.45, 2.75) is 12.5 Å². The van der Waals surface area contributed by atoms with Crippen molar-refractivity contribution in [2.75, 3.05) is 7.05 Å². The molecule has 0 aliphatic carbocycles. The highest BCUT2D eigenvalue weighted by molar-refractivity contribution is 9.10. The SMILES string of the molecule is CNC(Cc1ccc(Br)cn1)c1ccc(Br)c(F)c1. The van der Waals surface area contributed by atoms with Crippen LogP contribution in [0.4, 0.5) is 4.39 Å². The van der Waals surface area contributed by atoms with E-state index in [1.165, 1.54) is 0 Å². The Morgan fingerprint density at radius 2 is 2.05 bits per heavy atom. The summed E-state index contributed by atoms with van der Waals surface area (Å²) >= 11 is 6.52. The van der Waals surface area contributed by atoms with E-state index in [1.54, 1.807) is 18.3 Å². The summed E-state index contributed by atoms with van der Waals surface area (Å²) in [5, 5.41) is 3.19. The van der Waals surface area contributed by atoms with Gasteiger partial charge in [-0.05, 0) is 68.7 Å². The van der Waals surface area contributed by atoms with Gasteiger partial charge < -0.3 is 5.32 Å². The third kappa shape index (κ3) is 3.84. The molecular formula is C14H13Br2FN2. The van der Waals surface area contributed by atoms with Gasteiger partial charge in [-0.1, -0.05) is 6.07 Å². The van der Waals surface area contributed by atoms with Gasteiger partial charge in [-0.15, -0.1) is 0 Å². The fourth-order valence-corrected chi connectivity index (χ4v) is 2.33. The van der Waals surface area contributed by atoms with Crippen LogP contribution in [0.1, 0.15) is 17.3 Å². The van der Waals surface area contributed by atoms with Gasteiger partial charge in [0, 0.05) is 28.8 Å². The second kappa shape index (κ2) is 6.59. The fourth-order valence-electron chi connectivity index (χ4n) is 1.85. The number of pyridine rings is 1. The van der Waals surface area contributed by atoms with E-state index in [4.69, 9.17) is 0 Å². The number of benzene rings is 1. The normalized spacial score (nSPS) is 12.4. The first-order valence-electron chi connectivity index (χ1n) is 5.83. The number of nitrogens with zero attached hydrogens (tertiary/aromatic N) is 1. The summed E-state index contributed by atoms with van der Waals surface area (Å²) in [5.74, 6) is -0.249. The van der Waals surface area contributed by atoms with Crippen LogP contribution in [0.3, 0.4) is 0 Å². The van der Waals surface area contributed by atoms with E-state index in [-0.39, 0.29) is 11.9 Å². The Kier molecular flexibility index (Phi) is 5.07. The minimum atomic E-state index is -0.249. The summed E-state index contributed by atoms with van der Waals surface area (Å²) < 4.78 is 15.0. The molecule has 0 spiro atoms. The number of hydrogen-bond acceptors (Lipinski definition) is 2. The van der Waals surface area contributed by atoms with E-state index >= 15 is 0 Å². The molecule has 0 saturated heterocycles. The zero-order chi connectivity index (χ0) is 13.8. The molecule has 0 fully saturated rings. The molecule has 2 nitrogen and oxygen atoms in total. The molecule has 0 saturated carbocycles. The summed E-state index contributed by atoms with van der Waals surface area (Å²) in [7, 11) is 1.86. The second-order valence-electron chi connectivity index (χ2n) is 4.19. The molecule has 1 heterocycles. The van der Waals surface area contributed by atoms with E-state index in [0.29, 0.717) is 10.9 Å². The van der Waals surface area contributed by atoms with Crippen LogP contribution in [-0.4, -0.2) is 12.0 Å². The van der Waals surface area contributed by atoms with Crippen molar-refractivity contribution in [1.29, 1.82) is 0 Å². The van der Waals surface area contributed by atoms with Gasteiger partial charge in [-0.25, -0.2) is 4.39 Å². The van der Waals surface area contributed by atoms with Gasteiger partial charge >= 0.3 is 0 Å². The van der Waals surface area contributed by atoms with Gasteiger partial charge in [-0.2, -0.15) is 0 Å². The van der Waals surface area contributed by atoms with Crippen molar-refractivity contribution in [2.24, 2.45) is 0 Å². The molecule has 0 aliphatic heterocycles. The standard InChI is InChI=1S/C14H13Br2FN2/c1-18-14(7-11-4-3-10(15)8-19-11)9-2-5-12(16)13(17)6-9/h2-6,8,14,18H,7H2,1H3. The summed E-state index contributed by atoms with van der Waals surface area (Å²) in [5.41, 5.74) is 1.87. The van der Waals surface area contributed by atoms with Crippen molar-refractivity contribution < 1.29 is 4.39 Å². The van der Waals surface area contributed by atoms with Crippen molar-refractivity contribution >= 4 is 31.9 Å². The average molecular weight is 388 g/mol. The summed E-state index contributed by atoms with van der Waals surface area (Å²) in [6.07, 6.45) is 2.48. The highest BCUT2D eigenvalue weighted by Crippen LogP contribution is 2.23. The molecule has 0 amide bonds. The third-order valence-electron chi connectivity index (χ3n) is 2.90. The molecule has 2 aromatic rings. The average Bonchev–Trinajstić information content (AvgIpc) is 2.41. The van der Waals surface area contributed by atoms with Gasteiger partial charge in [0.05, 0.1) is 4.47 Å². The Morgan fingerprint density at radius 1 is 1.26 bits per heavy atom. The third-order valence-corrected chi connectivity index (χ3v) is 4.01. The molecular weight excluding hydrogens is 375 g/mol. The van der Waals surface area contributed by atoms with Crippen LogP contribution in [0, 0.1) is 5.82 Å². The molecule has 5 heteroatoms. The second-order valence-corrected chi connectivity index (χ2v) is 5.96. The minimum absolute atomic E-state index is 0.0382. The zero-order valence-corrected chi connectivity index (χ0v) is 13.5. The minimum Gasteiger partial charge on any atom is -0.313 e. The van der Waals surface area contributed by atoms with Crippen LogP contribution in [-0.2, 0) is 6.42 Å². The Morgan fingerprint density at radius 3 is 2.63 bits per heavy atom. The lowest BCUT2D eigenvalue weighted by Crippen LogP contribution is -2.19. The molecule has 1 N–H and O–H groups in total. The van der Waals surface area contributed by atoms with Crippen LogP contribution in [0.5, 0.6) is 0 Å². The maximum atomic E-state index is 13.6. The number of hydrogen-bond donors (Lipinski definition) is 1. The van der Waals surface area contributed by atoms with Crippen molar-refractivity contribution in [3.63, 3.8) is 0 Å². The first-order chi connectivity index (χ1) is 9.10. The largest absolute Gasteiger partial charge is 0.313 e. The molecule has 100 valence electrons. The predicted molar refractivity (Wildman–Crippen MR) is 81.5 cm³/mol. The Labute approximate surface area is 128 Å². The summed E-state index contributed by atoms with van der Waals surface area (Å²) in [6, 6.07) is 9.14. The van der Waals surface area contributed by atoms with Crippen LogP contribution in [0.2, 0.25) is 0 Å². The molecule has 0 aliphatic rings. The van der Waals surface area contributed by atoms with E-state index in [1.807, 2.05) is 25.2 Å². The fraction of sp³-hybridized carbons (Fsp3) is 0.214. The highest BCUT2D eigenvalue weighted by Gasteiger charge is 2.12. The molecule has 1 aromatic carbocycles. The lowest BCUT2D eigenvalue weighted by molar-refractivity contribution is 0.570. The van der Waals surface area contributed by atoms with Gasteiger partial charge in [0.15, 0.2) is 0 Å². The van der Waals surface area contributed by atoms with Gasteiger partial charge in [0.25, 0.3) is 0 Å². The van der Waals surface area contributed by atoms with Crippen LogP contribution in [0.15, 0.2) is 45.5 Å². The number of rotatable bonds is 4. The number of aromatic nitrogens is 1. The van der Waals surface area contributed by atoms with Crippen LogP contribution in [0.25, 0.3) is 0 Å². The molecule has 0 radical (unpaired) electrons. The molecule has 2 rings (SSSR count). The summed E-state index contributed by atoms with van der Waals surface area (Å²) in [6.45, 7) is 0. The van der Waals surface area contributed by atoms with Crippen molar-refractivity contribution in [3.05, 3.63) is 62.5 Å². The van der Waals surface area contributed by atoms with Crippen LogP contribution < -0.4 is 5.32 Å². The molecule has 1 aromatic heterocycles. The zero-order valence-electron chi connectivity index (χ0n) is 10.3. The number of halogens is 3. The topological polar surface area (TPSA) is 24.9 Å². The maximum Gasteiger partial charge on any atom is 0.137 e. The molecule has 0 bridgehead atoms. The summed E-state index contributed by atoms with van der Waals surface area (Å²) in [4.78, 5) is 4.34. The first kappa shape index (κ1) is 14.6. The molecule has 1 atom stereocenters. The Bertz CT molecular complexity index is 558. The van der Waals surface area contributed by atoms with Crippen molar-refractivity contribution in [1.82, 2.24) is 10.3 Å². The van der Waals surface area contributed by atoms with E-state index < -0.39 is 0 Å². The first-order valence-corrected chi connectivity index (χ1v) is 7.41. The quantitative estimate of drug-likeness (QED) is 0.848.